The van der Waals surface area contributed by atoms with Crippen LogP contribution in [0.15, 0.2) is 24.3 Å². The zero-order valence-electron chi connectivity index (χ0n) is 8.34. The third-order valence-electron chi connectivity index (χ3n) is 2.19. The summed E-state index contributed by atoms with van der Waals surface area (Å²) in [7, 11) is 0. The Kier molecular flexibility index (Phi) is 3.39. The standard InChI is InChI=1S/C11H12F2O2/c1-8-4-2-3-5-9(8)11(12,13)7-6-10(14)15/h2-5H,6-7H2,1H3,(H,14,15). The lowest BCUT2D eigenvalue weighted by molar-refractivity contribution is -0.139. The number of aryl methyl sites for hydroxylation is 1. The molecule has 1 N–H and O–H groups in total. The number of carboxylic acids is 1. The Bertz CT molecular complexity index is 361. The van der Waals surface area contributed by atoms with E-state index in [1.54, 1.807) is 19.1 Å². The van der Waals surface area contributed by atoms with Gasteiger partial charge >= 0.3 is 5.97 Å². The van der Waals surface area contributed by atoms with Gasteiger partial charge in [-0.15, -0.1) is 0 Å². The van der Waals surface area contributed by atoms with Crippen LogP contribution < -0.4 is 0 Å². The van der Waals surface area contributed by atoms with Crippen molar-refractivity contribution in [1.29, 1.82) is 0 Å². The fraction of sp³-hybridized carbons (Fsp3) is 0.364. The summed E-state index contributed by atoms with van der Waals surface area (Å²) in [6.45, 7) is 1.59. The van der Waals surface area contributed by atoms with Crippen molar-refractivity contribution in [2.75, 3.05) is 0 Å². The molecule has 0 saturated heterocycles. The Morgan fingerprint density at radius 2 is 2.00 bits per heavy atom. The Hall–Kier alpha value is -1.45. The van der Waals surface area contributed by atoms with Gasteiger partial charge in [0.25, 0.3) is 5.92 Å². The van der Waals surface area contributed by atoms with E-state index >= 15 is 0 Å². The van der Waals surface area contributed by atoms with Crippen LogP contribution in [0.2, 0.25) is 0 Å². The average molecular weight is 214 g/mol. The minimum atomic E-state index is -3.07. The first kappa shape index (κ1) is 11.6. The van der Waals surface area contributed by atoms with Crippen LogP contribution in [-0.2, 0) is 10.7 Å². The highest BCUT2D eigenvalue weighted by molar-refractivity contribution is 5.66. The molecule has 1 aromatic carbocycles. The molecule has 82 valence electrons. The van der Waals surface area contributed by atoms with Crippen molar-refractivity contribution in [1.82, 2.24) is 0 Å². The molecule has 0 saturated carbocycles. The van der Waals surface area contributed by atoms with Crippen molar-refractivity contribution in [3.63, 3.8) is 0 Å². The molecule has 0 bridgehead atoms. The number of hydrogen-bond acceptors (Lipinski definition) is 1. The summed E-state index contributed by atoms with van der Waals surface area (Å²) >= 11 is 0. The van der Waals surface area contributed by atoms with Gasteiger partial charge in [-0.3, -0.25) is 4.79 Å². The summed E-state index contributed by atoms with van der Waals surface area (Å²) in [5, 5.41) is 8.36. The van der Waals surface area contributed by atoms with Gasteiger partial charge in [-0.2, -0.15) is 0 Å². The second kappa shape index (κ2) is 4.38. The van der Waals surface area contributed by atoms with Crippen molar-refractivity contribution >= 4 is 5.97 Å². The van der Waals surface area contributed by atoms with Gasteiger partial charge in [-0.25, -0.2) is 8.78 Å². The highest BCUT2D eigenvalue weighted by Crippen LogP contribution is 2.34. The van der Waals surface area contributed by atoms with Crippen molar-refractivity contribution < 1.29 is 18.7 Å². The van der Waals surface area contributed by atoms with Crippen LogP contribution in [0.3, 0.4) is 0 Å². The van der Waals surface area contributed by atoms with Gasteiger partial charge in [0.2, 0.25) is 0 Å². The topological polar surface area (TPSA) is 37.3 Å². The van der Waals surface area contributed by atoms with Gasteiger partial charge in [0.05, 0.1) is 6.42 Å². The van der Waals surface area contributed by atoms with Gasteiger partial charge in [-0.1, -0.05) is 24.3 Å². The number of carboxylic acid groups (broad SMARTS) is 1. The van der Waals surface area contributed by atoms with Crippen LogP contribution in [-0.4, -0.2) is 11.1 Å². The maximum Gasteiger partial charge on any atom is 0.303 e. The molecule has 1 rings (SSSR count). The molecular weight excluding hydrogens is 202 g/mol. The average Bonchev–Trinajstić information content (AvgIpc) is 2.15. The first-order chi connectivity index (χ1) is 6.93. The highest BCUT2D eigenvalue weighted by Gasteiger charge is 2.33. The predicted molar refractivity (Wildman–Crippen MR) is 51.9 cm³/mol. The molecule has 0 unspecified atom stereocenters. The SMILES string of the molecule is Cc1ccccc1C(F)(F)CCC(=O)O. The first-order valence-electron chi connectivity index (χ1n) is 4.59. The number of hydrogen-bond donors (Lipinski definition) is 1. The molecule has 0 aliphatic heterocycles. The maximum absolute atomic E-state index is 13.5. The minimum absolute atomic E-state index is 0.0914. The quantitative estimate of drug-likeness (QED) is 0.836. The largest absolute Gasteiger partial charge is 0.481 e. The zero-order valence-corrected chi connectivity index (χ0v) is 8.34. The van der Waals surface area contributed by atoms with E-state index in [0.29, 0.717) is 5.56 Å². The lowest BCUT2D eigenvalue weighted by Crippen LogP contribution is -2.16. The summed E-state index contributed by atoms with van der Waals surface area (Å²) in [6.07, 6.45) is -1.19. The zero-order chi connectivity index (χ0) is 11.5. The molecule has 0 atom stereocenters. The fourth-order valence-electron chi connectivity index (χ4n) is 1.38. The lowest BCUT2D eigenvalue weighted by atomic mass is 9.99. The molecule has 0 radical (unpaired) electrons. The Labute approximate surface area is 86.5 Å². The van der Waals surface area contributed by atoms with Crippen LogP contribution in [0.5, 0.6) is 0 Å². The summed E-state index contributed by atoms with van der Waals surface area (Å²) in [4.78, 5) is 10.2. The maximum atomic E-state index is 13.5. The summed E-state index contributed by atoms with van der Waals surface area (Å²) in [5.74, 6) is -4.27. The summed E-state index contributed by atoms with van der Waals surface area (Å²) in [6, 6.07) is 6.12. The van der Waals surface area contributed by atoms with Crippen molar-refractivity contribution in [2.45, 2.75) is 25.7 Å². The molecule has 15 heavy (non-hydrogen) atoms. The normalized spacial score (nSPS) is 11.4. The second-order valence-corrected chi connectivity index (χ2v) is 3.41. The van der Waals surface area contributed by atoms with E-state index in [1.807, 2.05) is 0 Å². The smallest absolute Gasteiger partial charge is 0.303 e. The van der Waals surface area contributed by atoms with Gasteiger partial charge < -0.3 is 5.11 Å². The van der Waals surface area contributed by atoms with E-state index in [-0.39, 0.29) is 5.56 Å². The van der Waals surface area contributed by atoms with Crippen LogP contribution in [0.1, 0.15) is 24.0 Å². The van der Waals surface area contributed by atoms with E-state index in [4.69, 9.17) is 5.11 Å². The molecule has 0 aliphatic rings. The fourth-order valence-corrected chi connectivity index (χ4v) is 1.38. The van der Waals surface area contributed by atoms with E-state index in [2.05, 4.69) is 0 Å². The van der Waals surface area contributed by atoms with Gasteiger partial charge in [-0.05, 0) is 12.5 Å². The van der Waals surface area contributed by atoms with Gasteiger partial charge in [0.1, 0.15) is 0 Å². The van der Waals surface area contributed by atoms with Crippen LogP contribution in [0.25, 0.3) is 0 Å². The van der Waals surface area contributed by atoms with Crippen LogP contribution >= 0.6 is 0 Å². The number of aliphatic carboxylic acids is 1. The van der Waals surface area contributed by atoms with Crippen molar-refractivity contribution in [2.24, 2.45) is 0 Å². The first-order valence-corrected chi connectivity index (χ1v) is 4.59. The van der Waals surface area contributed by atoms with E-state index in [9.17, 15) is 13.6 Å². The number of rotatable bonds is 4. The third kappa shape index (κ3) is 3.01. The number of halogens is 2. The molecule has 0 spiro atoms. The highest BCUT2D eigenvalue weighted by atomic mass is 19.3. The van der Waals surface area contributed by atoms with Crippen molar-refractivity contribution in [3.8, 4) is 0 Å². The molecule has 4 heteroatoms. The molecule has 1 aromatic rings. The molecule has 0 aromatic heterocycles. The lowest BCUT2D eigenvalue weighted by Gasteiger charge is -2.17. The van der Waals surface area contributed by atoms with E-state index < -0.39 is 24.7 Å². The van der Waals surface area contributed by atoms with Crippen molar-refractivity contribution in [3.05, 3.63) is 35.4 Å². The van der Waals surface area contributed by atoms with Gasteiger partial charge in [0, 0.05) is 12.0 Å². The number of alkyl halides is 2. The number of benzene rings is 1. The molecule has 0 heterocycles. The Morgan fingerprint density at radius 1 is 1.40 bits per heavy atom. The molecule has 0 aliphatic carbocycles. The second-order valence-electron chi connectivity index (χ2n) is 3.41. The summed E-state index contributed by atoms with van der Waals surface area (Å²) in [5.41, 5.74) is 0.388. The monoisotopic (exact) mass is 214 g/mol. The third-order valence-corrected chi connectivity index (χ3v) is 2.19. The molecular formula is C11H12F2O2. The number of carbonyl (C=O) groups is 1. The predicted octanol–water partition coefficient (Wildman–Crippen LogP) is 2.95. The molecule has 0 fully saturated rings. The molecule has 2 nitrogen and oxygen atoms in total. The van der Waals surface area contributed by atoms with Crippen LogP contribution in [0, 0.1) is 6.92 Å². The Morgan fingerprint density at radius 3 is 2.53 bits per heavy atom. The molecule has 0 amide bonds. The van der Waals surface area contributed by atoms with Crippen LogP contribution in [0.4, 0.5) is 8.78 Å². The Balaban J connectivity index is 2.85. The minimum Gasteiger partial charge on any atom is -0.481 e. The van der Waals surface area contributed by atoms with Gasteiger partial charge in [0.15, 0.2) is 0 Å². The summed E-state index contributed by atoms with van der Waals surface area (Å²) < 4.78 is 27.0. The van der Waals surface area contributed by atoms with E-state index in [0.717, 1.165) is 0 Å². The van der Waals surface area contributed by atoms with E-state index in [1.165, 1.54) is 12.1 Å².